The molecule has 0 atom stereocenters. The Balaban J connectivity index is 0.00000312. The molecule has 0 saturated carbocycles. The number of rotatable bonds is 7. The second-order valence-corrected chi connectivity index (χ2v) is 5.35. The van der Waals surface area contributed by atoms with Gasteiger partial charge in [0, 0.05) is 31.9 Å². The van der Waals surface area contributed by atoms with Gasteiger partial charge in [-0.3, -0.25) is 4.99 Å². The Kier molecular flexibility index (Phi) is 9.04. The van der Waals surface area contributed by atoms with Crippen molar-refractivity contribution in [2.45, 2.75) is 6.42 Å². The highest BCUT2D eigenvalue weighted by Crippen LogP contribution is 2.17. The van der Waals surface area contributed by atoms with Gasteiger partial charge in [0.2, 0.25) is 0 Å². The second kappa shape index (κ2) is 10.8. The molecule has 136 valence electrons. The number of aliphatic imine (C=N–C) groups is 1. The predicted octanol–water partition coefficient (Wildman–Crippen LogP) is 3.71. The summed E-state index contributed by atoms with van der Waals surface area (Å²) in [6.07, 6.45) is 0.769. The first-order valence-electron chi connectivity index (χ1n) is 7.77. The minimum atomic E-state index is -0.220. The molecule has 0 unspecified atom stereocenters. The fourth-order valence-electron chi connectivity index (χ4n) is 2.28. The van der Waals surface area contributed by atoms with Crippen molar-refractivity contribution in [1.82, 2.24) is 0 Å². The van der Waals surface area contributed by atoms with Crippen LogP contribution in [0, 0.1) is 5.82 Å². The van der Waals surface area contributed by atoms with Crippen molar-refractivity contribution in [3.8, 4) is 5.75 Å². The van der Waals surface area contributed by atoms with Crippen LogP contribution in [0.15, 0.2) is 53.5 Å². The molecule has 0 aliphatic heterocycles. The molecule has 0 aliphatic carbocycles. The molecule has 0 spiro atoms. The summed E-state index contributed by atoms with van der Waals surface area (Å²) in [6.45, 7) is 1.25. The van der Waals surface area contributed by atoms with Gasteiger partial charge in [0.15, 0.2) is 5.96 Å². The summed E-state index contributed by atoms with van der Waals surface area (Å²) in [5.41, 5.74) is 7.28. The summed E-state index contributed by atoms with van der Waals surface area (Å²) < 4.78 is 18.8. The average Bonchev–Trinajstić information content (AvgIpc) is 2.59. The number of para-hydroxylation sites is 1. The maximum Gasteiger partial charge on any atom is 0.193 e. The summed E-state index contributed by atoms with van der Waals surface area (Å²) in [4.78, 5) is 6.16. The highest BCUT2D eigenvalue weighted by Gasteiger charge is 2.05. The van der Waals surface area contributed by atoms with Crippen LogP contribution in [0.5, 0.6) is 5.75 Å². The third kappa shape index (κ3) is 6.77. The van der Waals surface area contributed by atoms with E-state index >= 15 is 0 Å². The number of anilines is 2. The van der Waals surface area contributed by atoms with E-state index in [1.807, 2.05) is 42.3 Å². The number of guanidine groups is 1. The van der Waals surface area contributed by atoms with Crippen molar-refractivity contribution in [3.63, 3.8) is 0 Å². The van der Waals surface area contributed by atoms with Gasteiger partial charge in [-0.25, -0.2) is 4.39 Å². The van der Waals surface area contributed by atoms with Crippen molar-refractivity contribution in [2.24, 2.45) is 10.7 Å². The third-order valence-electron chi connectivity index (χ3n) is 3.54. The van der Waals surface area contributed by atoms with Crippen LogP contribution in [-0.4, -0.2) is 33.2 Å². The standard InChI is InChI=1S/C18H23FN4O.HI/c1-23(17-10-4-3-9-16(17)19)12-6-11-21-18(20)22-14-7-5-8-15(13-14)24-2;/h3-5,7-10,13H,6,11-12H2,1-2H3,(H3,20,21,22);1H. The average molecular weight is 458 g/mol. The van der Waals surface area contributed by atoms with Crippen LogP contribution in [0.1, 0.15) is 6.42 Å². The number of nitrogens with two attached hydrogens (primary N) is 1. The van der Waals surface area contributed by atoms with Crippen LogP contribution < -0.4 is 20.7 Å². The van der Waals surface area contributed by atoms with Gasteiger partial charge in [-0.05, 0) is 30.7 Å². The molecule has 0 amide bonds. The van der Waals surface area contributed by atoms with E-state index in [2.05, 4.69) is 10.3 Å². The van der Waals surface area contributed by atoms with Gasteiger partial charge in [-0.15, -0.1) is 24.0 Å². The molecule has 2 aromatic rings. The van der Waals surface area contributed by atoms with Crippen LogP contribution in [0.4, 0.5) is 15.8 Å². The molecule has 0 bridgehead atoms. The minimum Gasteiger partial charge on any atom is -0.497 e. The molecule has 2 aromatic carbocycles. The summed E-state index contributed by atoms with van der Waals surface area (Å²) in [5.74, 6) is 0.874. The number of ether oxygens (including phenoxy) is 1. The van der Waals surface area contributed by atoms with Gasteiger partial charge in [-0.2, -0.15) is 0 Å². The van der Waals surface area contributed by atoms with E-state index < -0.39 is 0 Å². The van der Waals surface area contributed by atoms with E-state index in [9.17, 15) is 4.39 Å². The molecule has 0 aliphatic rings. The van der Waals surface area contributed by atoms with Gasteiger partial charge in [0.05, 0.1) is 12.8 Å². The van der Waals surface area contributed by atoms with Crippen LogP contribution >= 0.6 is 24.0 Å². The summed E-state index contributed by atoms with van der Waals surface area (Å²) in [6, 6.07) is 14.2. The Morgan fingerprint density at radius 3 is 2.72 bits per heavy atom. The number of nitrogens with one attached hydrogen (secondary N) is 1. The van der Waals surface area contributed by atoms with Crippen LogP contribution in [-0.2, 0) is 0 Å². The first-order chi connectivity index (χ1) is 11.6. The van der Waals surface area contributed by atoms with Gasteiger partial charge < -0.3 is 20.7 Å². The van der Waals surface area contributed by atoms with Crippen LogP contribution in [0.3, 0.4) is 0 Å². The summed E-state index contributed by atoms with van der Waals surface area (Å²) in [7, 11) is 3.47. The Hall–Kier alpha value is -2.03. The molecule has 5 nitrogen and oxygen atoms in total. The molecular weight excluding hydrogens is 434 g/mol. The van der Waals surface area contributed by atoms with E-state index in [0.29, 0.717) is 24.7 Å². The van der Waals surface area contributed by atoms with Crippen molar-refractivity contribution in [2.75, 3.05) is 37.5 Å². The number of hydrogen-bond donors (Lipinski definition) is 2. The molecule has 3 N–H and O–H groups in total. The van der Waals surface area contributed by atoms with Crippen molar-refractivity contribution in [1.29, 1.82) is 0 Å². The van der Waals surface area contributed by atoms with Crippen LogP contribution in [0.2, 0.25) is 0 Å². The van der Waals surface area contributed by atoms with E-state index in [0.717, 1.165) is 17.9 Å². The lowest BCUT2D eigenvalue weighted by Crippen LogP contribution is -2.24. The predicted molar refractivity (Wildman–Crippen MR) is 113 cm³/mol. The van der Waals surface area contributed by atoms with E-state index in [1.165, 1.54) is 6.07 Å². The number of halogens is 2. The SMILES string of the molecule is COc1cccc(NC(N)=NCCCN(C)c2ccccc2F)c1.I. The topological polar surface area (TPSA) is 62.9 Å². The number of nitrogens with zero attached hydrogens (tertiary/aromatic N) is 2. The molecule has 0 fully saturated rings. The Labute approximate surface area is 165 Å². The lowest BCUT2D eigenvalue weighted by atomic mass is 10.2. The Morgan fingerprint density at radius 2 is 2.00 bits per heavy atom. The lowest BCUT2D eigenvalue weighted by Gasteiger charge is -2.19. The highest BCUT2D eigenvalue weighted by molar-refractivity contribution is 14.0. The molecule has 0 saturated heterocycles. The number of hydrogen-bond acceptors (Lipinski definition) is 3. The van der Waals surface area contributed by atoms with Crippen molar-refractivity contribution in [3.05, 3.63) is 54.3 Å². The fraction of sp³-hybridized carbons (Fsp3) is 0.278. The molecular formula is C18H24FIN4O. The first-order valence-corrected chi connectivity index (χ1v) is 7.77. The van der Waals surface area contributed by atoms with Gasteiger partial charge in [0.25, 0.3) is 0 Å². The third-order valence-corrected chi connectivity index (χ3v) is 3.54. The zero-order valence-electron chi connectivity index (χ0n) is 14.4. The van der Waals surface area contributed by atoms with Gasteiger partial charge in [0.1, 0.15) is 11.6 Å². The minimum absolute atomic E-state index is 0. The molecule has 0 aromatic heterocycles. The smallest absolute Gasteiger partial charge is 0.193 e. The second-order valence-electron chi connectivity index (χ2n) is 5.35. The van der Waals surface area contributed by atoms with E-state index in [4.69, 9.17) is 10.5 Å². The zero-order valence-corrected chi connectivity index (χ0v) is 16.7. The molecule has 2 rings (SSSR count). The largest absolute Gasteiger partial charge is 0.497 e. The first kappa shape index (κ1) is 21.0. The normalized spacial score (nSPS) is 10.8. The maximum atomic E-state index is 13.7. The lowest BCUT2D eigenvalue weighted by molar-refractivity contribution is 0.415. The van der Waals surface area contributed by atoms with Gasteiger partial charge in [-0.1, -0.05) is 18.2 Å². The molecule has 0 radical (unpaired) electrons. The molecule has 25 heavy (non-hydrogen) atoms. The maximum absolute atomic E-state index is 13.7. The van der Waals surface area contributed by atoms with E-state index in [-0.39, 0.29) is 29.8 Å². The monoisotopic (exact) mass is 458 g/mol. The van der Waals surface area contributed by atoms with E-state index in [1.54, 1.807) is 19.2 Å². The van der Waals surface area contributed by atoms with Gasteiger partial charge >= 0.3 is 0 Å². The van der Waals surface area contributed by atoms with Crippen molar-refractivity contribution < 1.29 is 9.13 Å². The summed E-state index contributed by atoms with van der Waals surface area (Å²) >= 11 is 0. The Bertz CT molecular complexity index is 696. The molecule has 7 heteroatoms. The van der Waals surface area contributed by atoms with Crippen LogP contribution in [0.25, 0.3) is 0 Å². The zero-order chi connectivity index (χ0) is 17.4. The van der Waals surface area contributed by atoms with Crippen molar-refractivity contribution >= 4 is 41.3 Å². The quantitative estimate of drug-likeness (QED) is 0.288. The molecule has 0 heterocycles. The summed E-state index contributed by atoms with van der Waals surface area (Å²) in [5, 5.41) is 3.02. The fourth-order valence-corrected chi connectivity index (χ4v) is 2.28. The number of benzene rings is 2. The number of methoxy groups -OCH3 is 1. The Morgan fingerprint density at radius 1 is 1.24 bits per heavy atom. The highest BCUT2D eigenvalue weighted by atomic mass is 127.